The van der Waals surface area contributed by atoms with Gasteiger partial charge in [-0.05, 0) is 25.1 Å². The summed E-state index contributed by atoms with van der Waals surface area (Å²) in [4.78, 5) is 0. The molecule has 2 rings (SSSR count). The quantitative estimate of drug-likeness (QED) is 0.808. The maximum absolute atomic E-state index is 8.65. The topological polar surface area (TPSA) is 50.8 Å². The molecule has 1 heterocycles. The predicted octanol–water partition coefficient (Wildman–Crippen LogP) is 2.26. The molecule has 0 aliphatic heterocycles. The van der Waals surface area contributed by atoms with E-state index in [1.165, 1.54) is 0 Å². The van der Waals surface area contributed by atoms with Gasteiger partial charge in [-0.3, -0.25) is 0 Å². The van der Waals surface area contributed by atoms with Gasteiger partial charge in [0, 0.05) is 11.8 Å². The Morgan fingerprint density at radius 3 is 2.94 bits per heavy atom. The normalized spacial score (nSPS) is 9.94. The van der Waals surface area contributed by atoms with Crippen molar-refractivity contribution in [2.75, 3.05) is 7.11 Å². The molecule has 0 N–H and O–H groups in total. The lowest BCUT2D eigenvalue weighted by atomic mass is 10.3. The van der Waals surface area contributed by atoms with Crippen LogP contribution in [0.25, 0.3) is 5.69 Å². The van der Waals surface area contributed by atoms with Gasteiger partial charge in [-0.1, -0.05) is 6.07 Å². The summed E-state index contributed by atoms with van der Waals surface area (Å²) in [7, 11) is 1.64. The lowest BCUT2D eigenvalue weighted by Crippen LogP contribution is -1.99. The van der Waals surface area contributed by atoms with Gasteiger partial charge in [0.2, 0.25) is 0 Å². The molecule has 0 radical (unpaired) electrons. The highest BCUT2D eigenvalue weighted by atomic mass is 16.5. The average Bonchev–Trinajstić information content (AvgIpc) is 2.71. The number of nitrogens with zero attached hydrogens (tertiary/aromatic N) is 3. The van der Waals surface area contributed by atoms with Crippen LogP contribution in [0.5, 0.6) is 5.75 Å². The molecular weight excluding hydrogens is 214 g/mol. The highest BCUT2D eigenvalue weighted by molar-refractivity contribution is 5.40. The van der Waals surface area contributed by atoms with Gasteiger partial charge in [0.05, 0.1) is 31.0 Å². The Labute approximate surface area is 100 Å². The van der Waals surface area contributed by atoms with Gasteiger partial charge in [-0.2, -0.15) is 10.4 Å². The van der Waals surface area contributed by atoms with Crippen LogP contribution >= 0.6 is 0 Å². The molecule has 4 nitrogen and oxygen atoms in total. The zero-order valence-corrected chi connectivity index (χ0v) is 9.84. The molecule has 0 aliphatic carbocycles. The molecule has 0 spiro atoms. The lowest BCUT2D eigenvalue weighted by Gasteiger charge is -2.06. The van der Waals surface area contributed by atoms with E-state index in [-0.39, 0.29) is 0 Å². The van der Waals surface area contributed by atoms with Crippen LogP contribution in [0.1, 0.15) is 11.4 Å². The molecule has 0 saturated heterocycles. The van der Waals surface area contributed by atoms with Gasteiger partial charge < -0.3 is 4.74 Å². The van der Waals surface area contributed by atoms with Gasteiger partial charge in [-0.25, -0.2) is 4.68 Å². The number of hydrogen-bond acceptors (Lipinski definition) is 3. The smallest absolute Gasteiger partial charge is 0.121 e. The van der Waals surface area contributed by atoms with E-state index in [0.29, 0.717) is 6.42 Å². The predicted molar refractivity (Wildman–Crippen MR) is 64.2 cm³/mol. The van der Waals surface area contributed by atoms with E-state index in [0.717, 1.165) is 22.8 Å². The molecular formula is C13H13N3O. The molecule has 0 amide bonds. The molecule has 86 valence electrons. The number of hydrogen-bond donors (Lipinski definition) is 0. The number of rotatable bonds is 3. The molecule has 0 atom stereocenters. The second-order valence-electron chi connectivity index (χ2n) is 3.73. The van der Waals surface area contributed by atoms with E-state index in [1.807, 2.05) is 41.9 Å². The third-order valence-corrected chi connectivity index (χ3v) is 2.50. The minimum absolute atomic E-state index is 0.331. The van der Waals surface area contributed by atoms with Gasteiger partial charge in [-0.15, -0.1) is 0 Å². The Balaban J connectivity index is 2.42. The second-order valence-corrected chi connectivity index (χ2v) is 3.73. The Bertz CT molecular complexity index is 566. The molecule has 1 aromatic heterocycles. The first kappa shape index (κ1) is 11.2. The first-order chi connectivity index (χ1) is 8.24. The summed E-state index contributed by atoms with van der Waals surface area (Å²) in [5, 5.41) is 13.0. The molecule has 0 aliphatic rings. The fourth-order valence-corrected chi connectivity index (χ4v) is 1.71. The average molecular weight is 227 g/mol. The molecule has 0 unspecified atom stereocenters. The van der Waals surface area contributed by atoms with E-state index in [4.69, 9.17) is 10.00 Å². The van der Waals surface area contributed by atoms with Crippen molar-refractivity contribution in [3.05, 3.63) is 41.7 Å². The zero-order valence-electron chi connectivity index (χ0n) is 9.84. The Morgan fingerprint density at radius 2 is 2.24 bits per heavy atom. The van der Waals surface area contributed by atoms with E-state index in [9.17, 15) is 0 Å². The number of ether oxygens (including phenoxy) is 1. The zero-order chi connectivity index (χ0) is 12.3. The Kier molecular flexibility index (Phi) is 3.10. The number of benzene rings is 1. The standard InChI is InChI=1S/C13H13N3O/c1-10-8-11(6-7-14)15-16(10)12-4-3-5-13(9-12)17-2/h3-5,8-9H,6H2,1-2H3. The number of aromatic nitrogens is 2. The third kappa shape index (κ3) is 2.28. The van der Waals surface area contributed by atoms with Crippen LogP contribution < -0.4 is 4.74 Å². The molecule has 0 fully saturated rings. The maximum atomic E-state index is 8.65. The summed E-state index contributed by atoms with van der Waals surface area (Å²) in [6.45, 7) is 1.97. The van der Waals surface area contributed by atoms with Gasteiger partial charge in [0.1, 0.15) is 5.75 Å². The first-order valence-corrected chi connectivity index (χ1v) is 5.31. The monoisotopic (exact) mass is 227 g/mol. The number of aryl methyl sites for hydroxylation is 1. The van der Waals surface area contributed by atoms with E-state index in [1.54, 1.807) is 7.11 Å². The highest BCUT2D eigenvalue weighted by Crippen LogP contribution is 2.18. The van der Waals surface area contributed by atoms with Crippen LogP contribution in [0, 0.1) is 18.3 Å². The van der Waals surface area contributed by atoms with E-state index >= 15 is 0 Å². The minimum atomic E-state index is 0.331. The summed E-state index contributed by atoms with van der Waals surface area (Å²) >= 11 is 0. The number of methoxy groups -OCH3 is 1. The summed E-state index contributed by atoms with van der Waals surface area (Å²) in [6.07, 6.45) is 0.331. The molecule has 17 heavy (non-hydrogen) atoms. The largest absolute Gasteiger partial charge is 0.497 e. The molecule has 1 aromatic carbocycles. The van der Waals surface area contributed by atoms with Crippen LogP contribution in [0.15, 0.2) is 30.3 Å². The summed E-state index contributed by atoms with van der Waals surface area (Å²) in [6, 6.07) is 11.7. The van der Waals surface area contributed by atoms with Crippen molar-refractivity contribution >= 4 is 0 Å². The fourth-order valence-electron chi connectivity index (χ4n) is 1.71. The number of nitriles is 1. The van der Waals surface area contributed by atoms with Crippen molar-refractivity contribution in [3.63, 3.8) is 0 Å². The van der Waals surface area contributed by atoms with Crippen LogP contribution in [0.2, 0.25) is 0 Å². The van der Waals surface area contributed by atoms with Crippen molar-refractivity contribution in [1.29, 1.82) is 5.26 Å². The van der Waals surface area contributed by atoms with Crippen molar-refractivity contribution in [2.45, 2.75) is 13.3 Å². The molecule has 4 heteroatoms. The SMILES string of the molecule is COc1cccc(-n2nc(CC#N)cc2C)c1. The molecule has 2 aromatic rings. The van der Waals surface area contributed by atoms with Crippen molar-refractivity contribution in [3.8, 4) is 17.5 Å². The van der Waals surface area contributed by atoms with Gasteiger partial charge in [0.25, 0.3) is 0 Å². The van der Waals surface area contributed by atoms with Crippen LogP contribution in [-0.4, -0.2) is 16.9 Å². The summed E-state index contributed by atoms with van der Waals surface area (Å²) in [5.74, 6) is 0.791. The Hall–Kier alpha value is -2.28. The fraction of sp³-hybridized carbons (Fsp3) is 0.231. The van der Waals surface area contributed by atoms with Crippen molar-refractivity contribution in [1.82, 2.24) is 9.78 Å². The van der Waals surface area contributed by atoms with Crippen molar-refractivity contribution < 1.29 is 4.74 Å². The minimum Gasteiger partial charge on any atom is -0.497 e. The first-order valence-electron chi connectivity index (χ1n) is 5.31. The summed E-state index contributed by atoms with van der Waals surface area (Å²) < 4.78 is 6.99. The highest BCUT2D eigenvalue weighted by Gasteiger charge is 2.06. The van der Waals surface area contributed by atoms with E-state index < -0.39 is 0 Å². The van der Waals surface area contributed by atoms with Crippen LogP contribution in [0.4, 0.5) is 0 Å². The second kappa shape index (κ2) is 4.71. The summed E-state index contributed by atoms with van der Waals surface area (Å²) in [5.41, 5.74) is 2.72. The van der Waals surface area contributed by atoms with Crippen LogP contribution in [-0.2, 0) is 6.42 Å². The van der Waals surface area contributed by atoms with Crippen molar-refractivity contribution in [2.24, 2.45) is 0 Å². The molecule has 0 saturated carbocycles. The van der Waals surface area contributed by atoms with Gasteiger partial charge >= 0.3 is 0 Å². The molecule has 0 bridgehead atoms. The van der Waals surface area contributed by atoms with E-state index in [2.05, 4.69) is 11.2 Å². The van der Waals surface area contributed by atoms with Crippen LogP contribution in [0.3, 0.4) is 0 Å². The van der Waals surface area contributed by atoms with Gasteiger partial charge in [0.15, 0.2) is 0 Å². The lowest BCUT2D eigenvalue weighted by molar-refractivity contribution is 0.414. The third-order valence-electron chi connectivity index (χ3n) is 2.50. The maximum Gasteiger partial charge on any atom is 0.121 e. The Morgan fingerprint density at radius 1 is 1.41 bits per heavy atom.